The van der Waals surface area contributed by atoms with E-state index in [-0.39, 0.29) is 0 Å². The first kappa shape index (κ1) is 9.58. The molecule has 0 bridgehead atoms. The van der Waals surface area contributed by atoms with Crippen LogP contribution in [-0.4, -0.2) is 21.0 Å². The average Bonchev–Trinajstić information content (AvgIpc) is 2.90. The fourth-order valence-electron chi connectivity index (χ4n) is 1.35. The number of carbonyl (C=O) groups is 1. The van der Waals surface area contributed by atoms with Crippen molar-refractivity contribution in [2.45, 2.75) is 19.3 Å². The number of rotatable bonds is 3. The molecule has 1 aromatic rings. The van der Waals surface area contributed by atoms with E-state index < -0.39 is 11.4 Å². The Morgan fingerprint density at radius 1 is 1.50 bits per heavy atom. The molecule has 0 atom stereocenters. The Bertz CT molecular complexity index is 360. The van der Waals surface area contributed by atoms with Gasteiger partial charge in [0.15, 0.2) is 0 Å². The molecule has 74 valence electrons. The van der Waals surface area contributed by atoms with Crippen molar-refractivity contribution in [3.8, 4) is 0 Å². The van der Waals surface area contributed by atoms with Crippen molar-refractivity contribution in [3.63, 3.8) is 0 Å². The molecule has 0 aromatic carbocycles. The summed E-state index contributed by atoms with van der Waals surface area (Å²) in [6.45, 7) is 0. The van der Waals surface area contributed by atoms with E-state index in [1.54, 1.807) is 12.4 Å². The summed E-state index contributed by atoms with van der Waals surface area (Å²) in [5.74, 6) is -0.128. The van der Waals surface area contributed by atoms with Crippen LogP contribution in [0.15, 0.2) is 16.9 Å². The van der Waals surface area contributed by atoms with Gasteiger partial charge in [0.05, 0.1) is 9.89 Å². The number of carboxylic acid groups (broad SMARTS) is 1. The van der Waals surface area contributed by atoms with Gasteiger partial charge in [0, 0.05) is 18.8 Å². The Morgan fingerprint density at radius 2 is 2.07 bits per heavy atom. The molecule has 0 aliphatic heterocycles. The smallest absolute Gasteiger partial charge is 0.310 e. The highest BCUT2D eigenvalue weighted by molar-refractivity contribution is 9.10. The van der Waals surface area contributed by atoms with Gasteiger partial charge in [0.25, 0.3) is 0 Å². The van der Waals surface area contributed by atoms with E-state index in [0.717, 1.165) is 17.3 Å². The van der Waals surface area contributed by atoms with Crippen LogP contribution in [-0.2, 0) is 11.2 Å². The lowest BCUT2D eigenvalue weighted by atomic mass is 10.0. The van der Waals surface area contributed by atoms with Gasteiger partial charge in [-0.3, -0.25) is 4.79 Å². The van der Waals surface area contributed by atoms with Crippen LogP contribution in [0.2, 0.25) is 0 Å². The molecule has 1 aliphatic rings. The SMILES string of the molecule is O=C(O)C1(Cc2ncc(Br)cn2)CC1. The van der Waals surface area contributed by atoms with Crippen LogP contribution in [0.1, 0.15) is 18.7 Å². The molecule has 0 saturated heterocycles. The Kier molecular flexibility index (Phi) is 2.26. The van der Waals surface area contributed by atoms with E-state index in [0.29, 0.717) is 12.2 Å². The summed E-state index contributed by atoms with van der Waals surface area (Å²) in [7, 11) is 0. The molecule has 1 aliphatic carbocycles. The van der Waals surface area contributed by atoms with Gasteiger partial charge in [-0.15, -0.1) is 0 Å². The van der Waals surface area contributed by atoms with E-state index in [1.807, 2.05) is 0 Å². The molecule has 5 heteroatoms. The maximum atomic E-state index is 10.9. The lowest BCUT2D eigenvalue weighted by Gasteiger charge is -2.07. The quantitative estimate of drug-likeness (QED) is 0.894. The first-order valence-electron chi connectivity index (χ1n) is 4.32. The maximum Gasteiger partial charge on any atom is 0.310 e. The molecular formula is C9H9BrN2O2. The van der Waals surface area contributed by atoms with Crippen molar-refractivity contribution in [1.82, 2.24) is 9.97 Å². The predicted octanol–water partition coefficient (Wildman–Crippen LogP) is 1.65. The van der Waals surface area contributed by atoms with Gasteiger partial charge in [-0.1, -0.05) is 0 Å². The second kappa shape index (κ2) is 3.31. The van der Waals surface area contributed by atoms with Gasteiger partial charge in [-0.05, 0) is 28.8 Å². The summed E-state index contributed by atoms with van der Waals surface area (Å²) in [5.41, 5.74) is -0.576. The zero-order valence-corrected chi connectivity index (χ0v) is 8.99. The Morgan fingerprint density at radius 3 is 2.50 bits per heavy atom. The van der Waals surface area contributed by atoms with Crippen molar-refractivity contribution in [1.29, 1.82) is 0 Å². The molecule has 1 aromatic heterocycles. The normalized spacial score (nSPS) is 17.8. The van der Waals surface area contributed by atoms with E-state index in [4.69, 9.17) is 5.11 Å². The lowest BCUT2D eigenvalue weighted by Crippen LogP contribution is -2.18. The number of carboxylic acids is 1. The van der Waals surface area contributed by atoms with Crippen LogP contribution in [0.25, 0.3) is 0 Å². The van der Waals surface area contributed by atoms with E-state index in [1.165, 1.54) is 0 Å². The predicted molar refractivity (Wildman–Crippen MR) is 52.7 cm³/mol. The fourth-order valence-corrected chi connectivity index (χ4v) is 1.55. The highest BCUT2D eigenvalue weighted by Gasteiger charge is 2.50. The monoisotopic (exact) mass is 256 g/mol. The van der Waals surface area contributed by atoms with Crippen LogP contribution >= 0.6 is 15.9 Å². The van der Waals surface area contributed by atoms with Gasteiger partial charge >= 0.3 is 5.97 Å². The Labute approximate surface area is 89.5 Å². The van der Waals surface area contributed by atoms with Crippen molar-refractivity contribution >= 4 is 21.9 Å². The summed E-state index contributed by atoms with van der Waals surface area (Å²) in [6.07, 6.45) is 5.19. The van der Waals surface area contributed by atoms with Gasteiger partial charge in [-0.25, -0.2) is 9.97 Å². The van der Waals surface area contributed by atoms with Gasteiger partial charge in [-0.2, -0.15) is 0 Å². The molecule has 14 heavy (non-hydrogen) atoms. The van der Waals surface area contributed by atoms with Crippen LogP contribution < -0.4 is 0 Å². The number of aromatic nitrogens is 2. The van der Waals surface area contributed by atoms with Gasteiger partial charge < -0.3 is 5.11 Å². The molecule has 0 amide bonds. The van der Waals surface area contributed by atoms with Crippen molar-refractivity contribution in [2.75, 3.05) is 0 Å². The van der Waals surface area contributed by atoms with Crippen LogP contribution in [0.3, 0.4) is 0 Å². The topological polar surface area (TPSA) is 63.1 Å². The van der Waals surface area contributed by atoms with E-state index in [9.17, 15) is 4.79 Å². The molecule has 0 spiro atoms. The highest BCUT2D eigenvalue weighted by Crippen LogP contribution is 2.48. The minimum Gasteiger partial charge on any atom is -0.481 e. The van der Waals surface area contributed by atoms with Crippen LogP contribution in [0, 0.1) is 5.41 Å². The number of hydrogen-bond donors (Lipinski definition) is 1. The molecule has 4 nitrogen and oxygen atoms in total. The second-order valence-corrected chi connectivity index (χ2v) is 4.50. The molecule has 1 heterocycles. The van der Waals surface area contributed by atoms with Crippen LogP contribution in [0.5, 0.6) is 0 Å². The molecule has 0 radical (unpaired) electrons. The third-order valence-corrected chi connectivity index (χ3v) is 2.89. The van der Waals surface area contributed by atoms with Crippen molar-refractivity contribution in [2.24, 2.45) is 5.41 Å². The molecule has 0 unspecified atom stereocenters. The first-order valence-corrected chi connectivity index (χ1v) is 5.11. The van der Waals surface area contributed by atoms with Gasteiger partial charge in [0.2, 0.25) is 0 Å². The van der Waals surface area contributed by atoms with Crippen LogP contribution in [0.4, 0.5) is 0 Å². The molecular weight excluding hydrogens is 248 g/mol. The third-order valence-electron chi connectivity index (χ3n) is 2.48. The summed E-state index contributed by atoms with van der Waals surface area (Å²) < 4.78 is 0.807. The number of aliphatic carboxylic acids is 1. The largest absolute Gasteiger partial charge is 0.481 e. The Balaban J connectivity index is 2.11. The van der Waals surface area contributed by atoms with E-state index in [2.05, 4.69) is 25.9 Å². The number of nitrogens with zero attached hydrogens (tertiary/aromatic N) is 2. The zero-order chi connectivity index (χ0) is 10.2. The minimum atomic E-state index is -0.732. The first-order chi connectivity index (χ1) is 6.62. The summed E-state index contributed by atoms with van der Waals surface area (Å²) in [6, 6.07) is 0. The summed E-state index contributed by atoms with van der Waals surface area (Å²) in [5, 5.41) is 8.95. The Hall–Kier alpha value is -0.970. The number of hydrogen-bond acceptors (Lipinski definition) is 3. The van der Waals surface area contributed by atoms with Crippen molar-refractivity contribution in [3.05, 3.63) is 22.7 Å². The molecule has 2 rings (SSSR count). The number of halogens is 1. The highest BCUT2D eigenvalue weighted by atomic mass is 79.9. The lowest BCUT2D eigenvalue weighted by molar-refractivity contribution is -0.143. The molecule has 1 N–H and O–H groups in total. The summed E-state index contributed by atoms with van der Waals surface area (Å²) >= 11 is 3.23. The second-order valence-electron chi connectivity index (χ2n) is 3.58. The zero-order valence-electron chi connectivity index (χ0n) is 7.40. The third kappa shape index (κ3) is 1.77. The van der Waals surface area contributed by atoms with Crippen molar-refractivity contribution < 1.29 is 9.90 Å². The molecule has 1 fully saturated rings. The standard InChI is InChI=1S/C9H9BrN2O2/c10-6-4-11-7(12-5-6)3-9(1-2-9)8(13)14/h4-5H,1-3H2,(H,13,14). The average molecular weight is 257 g/mol. The maximum absolute atomic E-state index is 10.9. The fraction of sp³-hybridized carbons (Fsp3) is 0.444. The summed E-state index contributed by atoms with van der Waals surface area (Å²) in [4.78, 5) is 19.0. The minimum absolute atomic E-state index is 0.440. The molecule has 1 saturated carbocycles. The van der Waals surface area contributed by atoms with Gasteiger partial charge in [0.1, 0.15) is 5.82 Å². The van der Waals surface area contributed by atoms with E-state index >= 15 is 0 Å².